The molecule has 0 bridgehead atoms. The maximum Gasteiger partial charge on any atom is 0.306 e. The zero-order valence-corrected chi connectivity index (χ0v) is 14.2. The van der Waals surface area contributed by atoms with E-state index in [-0.39, 0.29) is 12.0 Å². The van der Waals surface area contributed by atoms with Crippen molar-refractivity contribution in [1.29, 1.82) is 0 Å². The molecule has 2 atom stereocenters. The second-order valence-electron chi connectivity index (χ2n) is 6.46. The molecule has 0 aromatic rings. The van der Waals surface area contributed by atoms with E-state index in [0.717, 1.165) is 12.8 Å². The molecular formula is C17H35NO3. The fraction of sp³-hybridized carbons (Fsp3) is 0.941. The molecule has 0 radical (unpaired) electrons. The number of carbonyl (C=O) groups is 1. The minimum Gasteiger partial charge on any atom is -0.481 e. The summed E-state index contributed by atoms with van der Waals surface area (Å²) in [7, 11) is 0. The number of hydrogen-bond donors (Lipinski definition) is 3. The summed E-state index contributed by atoms with van der Waals surface area (Å²) in [4.78, 5) is 10.6. The van der Waals surface area contributed by atoms with Crippen LogP contribution in [0.5, 0.6) is 0 Å². The second kappa shape index (κ2) is 12.0. The summed E-state index contributed by atoms with van der Waals surface area (Å²) in [6, 6.07) is 0. The Bertz CT molecular complexity index is 271. The Labute approximate surface area is 130 Å². The van der Waals surface area contributed by atoms with Crippen molar-refractivity contribution in [2.24, 2.45) is 0 Å². The third-order valence-corrected chi connectivity index (χ3v) is 4.09. The highest BCUT2D eigenvalue weighted by Crippen LogP contribution is 2.22. The van der Waals surface area contributed by atoms with Crippen LogP contribution < -0.4 is 5.32 Å². The summed E-state index contributed by atoms with van der Waals surface area (Å²) < 4.78 is 0. The monoisotopic (exact) mass is 301 g/mol. The van der Waals surface area contributed by atoms with E-state index in [1.807, 2.05) is 0 Å². The summed E-state index contributed by atoms with van der Waals surface area (Å²) in [6.45, 7) is 6.98. The average molecular weight is 301 g/mol. The Morgan fingerprint density at radius 1 is 1.05 bits per heavy atom. The highest BCUT2D eigenvalue weighted by atomic mass is 16.4. The van der Waals surface area contributed by atoms with Crippen LogP contribution in [0.25, 0.3) is 0 Å². The van der Waals surface area contributed by atoms with Crippen LogP contribution in [0.4, 0.5) is 0 Å². The molecule has 0 saturated carbocycles. The number of aliphatic hydroxyl groups is 1. The lowest BCUT2D eigenvalue weighted by Gasteiger charge is -2.32. The van der Waals surface area contributed by atoms with Crippen molar-refractivity contribution >= 4 is 5.97 Å². The van der Waals surface area contributed by atoms with Gasteiger partial charge in [-0.05, 0) is 19.8 Å². The lowest BCUT2D eigenvalue weighted by atomic mass is 9.88. The zero-order chi connectivity index (χ0) is 16.1. The Balaban J connectivity index is 4.24. The smallest absolute Gasteiger partial charge is 0.306 e. The fourth-order valence-electron chi connectivity index (χ4n) is 2.65. The molecule has 0 aliphatic carbocycles. The quantitative estimate of drug-likeness (QED) is 0.428. The molecule has 2 unspecified atom stereocenters. The van der Waals surface area contributed by atoms with Gasteiger partial charge in [-0.25, -0.2) is 0 Å². The van der Waals surface area contributed by atoms with Crippen molar-refractivity contribution in [2.45, 2.75) is 96.6 Å². The summed E-state index contributed by atoms with van der Waals surface area (Å²) in [5, 5.41) is 21.8. The van der Waals surface area contributed by atoms with Gasteiger partial charge in [0.25, 0.3) is 0 Å². The van der Waals surface area contributed by atoms with Crippen LogP contribution in [0.15, 0.2) is 0 Å². The summed E-state index contributed by atoms with van der Waals surface area (Å²) in [6.07, 6.45) is 9.75. The normalized spacial score (nSPS) is 15.6. The van der Waals surface area contributed by atoms with Crippen molar-refractivity contribution in [3.8, 4) is 0 Å². The Morgan fingerprint density at radius 3 is 2.10 bits per heavy atom. The Hall–Kier alpha value is -0.610. The molecule has 0 heterocycles. The number of carboxylic acids is 1. The van der Waals surface area contributed by atoms with E-state index in [4.69, 9.17) is 5.11 Å². The van der Waals surface area contributed by atoms with Crippen molar-refractivity contribution in [3.63, 3.8) is 0 Å². The van der Waals surface area contributed by atoms with E-state index in [0.29, 0.717) is 6.54 Å². The number of aliphatic carboxylic acids is 1. The fourth-order valence-corrected chi connectivity index (χ4v) is 2.65. The van der Waals surface area contributed by atoms with Gasteiger partial charge >= 0.3 is 5.97 Å². The number of β-amino-alcohol motifs (C(OH)–C–C–N with tert-alkyl or cyclic N) is 1. The molecule has 0 fully saturated rings. The first-order valence-electron chi connectivity index (χ1n) is 8.58. The van der Waals surface area contributed by atoms with Gasteiger partial charge in [-0.2, -0.15) is 0 Å². The van der Waals surface area contributed by atoms with Crippen LogP contribution in [0.3, 0.4) is 0 Å². The molecule has 126 valence electrons. The number of nitrogens with one attached hydrogen (secondary N) is 1. The number of aliphatic hydroxyl groups excluding tert-OH is 1. The number of rotatable bonds is 14. The average Bonchev–Trinajstić information content (AvgIpc) is 2.41. The predicted octanol–water partition coefficient (Wildman–Crippen LogP) is 3.72. The topological polar surface area (TPSA) is 69.6 Å². The van der Waals surface area contributed by atoms with E-state index in [1.54, 1.807) is 0 Å². The van der Waals surface area contributed by atoms with Crippen molar-refractivity contribution < 1.29 is 15.0 Å². The van der Waals surface area contributed by atoms with Gasteiger partial charge in [-0.15, -0.1) is 0 Å². The predicted molar refractivity (Wildman–Crippen MR) is 87.6 cm³/mol. The minimum absolute atomic E-state index is 0.0163. The van der Waals surface area contributed by atoms with Gasteiger partial charge in [0, 0.05) is 12.1 Å². The number of carboxylic acid groups (broad SMARTS) is 1. The first-order chi connectivity index (χ1) is 9.93. The minimum atomic E-state index is -0.945. The van der Waals surface area contributed by atoms with Crippen molar-refractivity contribution in [3.05, 3.63) is 0 Å². The van der Waals surface area contributed by atoms with Gasteiger partial charge in [-0.1, -0.05) is 58.8 Å². The summed E-state index contributed by atoms with van der Waals surface area (Å²) >= 11 is 0. The lowest BCUT2D eigenvalue weighted by Crippen LogP contribution is -2.46. The van der Waals surface area contributed by atoms with E-state index in [1.165, 1.54) is 44.9 Å². The molecule has 0 aromatic heterocycles. The molecule has 0 aliphatic rings. The highest BCUT2D eigenvalue weighted by Gasteiger charge is 2.24. The maximum atomic E-state index is 10.6. The summed E-state index contributed by atoms with van der Waals surface area (Å²) in [5.41, 5.74) is 0.0163. The molecule has 3 N–H and O–H groups in total. The van der Waals surface area contributed by atoms with Gasteiger partial charge < -0.3 is 15.5 Å². The third kappa shape index (κ3) is 11.7. The number of unbranched alkanes of at least 4 members (excludes halogenated alkanes) is 5. The number of hydrogen-bond acceptors (Lipinski definition) is 3. The summed E-state index contributed by atoms with van der Waals surface area (Å²) in [5.74, 6) is -0.945. The highest BCUT2D eigenvalue weighted by molar-refractivity contribution is 5.67. The molecule has 0 amide bonds. The lowest BCUT2D eigenvalue weighted by molar-refractivity contribution is -0.139. The van der Waals surface area contributed by atoms with E-state index < -0.39 is 12.1 Å². The first-order valence-corrected chi connectivity index (χ1v) is 8.58. The van der Waals surface area contributed by atoms with Crippen LogP contribution in [0.1, 0.15) is 85.0 Å². The molecule has 0 spiro atoms. The van der Waals surface area contributed by atoms with Crippen molar-refractivity contribution in [2.75, 3.05) is 6.54 Å². The van der Waals surface area contributed by atoms with Crippen LogP contribution in [0.2, 0.25) is 0 Å². The van der Waals surface area contributed by atoms with E-state index in [9.17, 15) is 9.90 Å². The van der Waals surface area contributed by atoms with Crippen LogP contribution in [-0.4, -0.2) is 34.4 Å². The maximum absolute atomic E-state index is 10.6. The molecule has 0 aliphatic heterocycles. The second-order valence-corrected chi connectivity index (χ2v) is 6.46. The zero-order valence-electron chi connectivity index (χ0n) is 14.2. The SMILES string of the molecule is CCCCCCC(C)(CCCCC)NCC(O)CC(=O)O. The van der Waals surface area contributed by atoms with Gasteiger partial charge in [0.15, 0.2) is 0 Å². The molecular weight excluding hydrogens is 266 g/mol. The molecule has 0 saturated heterocycles. The van der Waals surface area contributed by atoms with Gasteiger partial charge in [0.2, 0.25) is 0 Å². The Morgan fingerprint density at radius 2 is 1.57 bits per heavy atom. The largest absolute Gasteiger partial charge is 0.481 e. The van der Waals surface area contributed by atoms with E-state index >= 15 is 0 Å². The van der Waals surface area contributed by atoms with E-state index in [2.05, 4.69) is 26.1 Å². The molecule has 4 heteroatoms. The Kier molecular flexibility index (Phi) is 11.6. The van der Waals surface area contributed by atoms with Gasteiger partial charge in [0.1, 0.15) is 0 Å². The first kappa shape index (κ1) is 20.4. The molecule has 4 nitrogen and oxygen atoms in total. The molecule has 0 aromatic carbocycles. The van der Waals surface area contributed by atoms with Crippen LogP contribution in [0, 0.1) is 0 Å². The van der Waals surface area contributed by atoms with Gasteiger partial charge in [-0.3, -0.25) is 4.79 Å². The molecule has 21 heavy (non-hydrogen) atoms. The third-order valence-electron chi connectivity index (χ3n) is 4.09. The van der Waals surface area contributed by atoms with Crippen LogP contribution >= 0.6 is 0 Å². The van der Waals surface area contributed by atoms with Gasteiger partial charge in [0.05, 0.1) is 12.5 Å². The van der Waals surface area contributed by atoms with Crippen molar-refractivity contribution in [1.82, 2.24) is 5.32 Å². The van der Waals surface area contributed by atoms with Crippen LogP contribution in [-0.2, 0) is 4.79 Å². The standard InChI is InChI=1S/C17H35NO3/c1-4-6-8-10-12-17(3,11-9-7-5-2)18-14-15(19)13-16(20)21/h15,18-19H,4-14H2,1-3H3,(H,20,21). The molecule has 0 rings (SSSR count).